The van der Waals surface area contributed by atoms with Crippen LogP contribution in [0, 0.1) is 6.92 Å². The van der Waals surface area contributed by atoms with E-state index in [0.717, 1.165) is 23.4 Å². The third-order valence-corrected chi connectivity index (χ3v) is 4.67. The van der Waals surface area contributed by atoms with E-state index in [-0.39, 0.29) is 5.91 Å². The summed E-state index contributed by atoms with van der Waals surface area (Å²) in [7, 11) is 3.12. The van der Waals surface area contributed by atoms with Crippen LogP contribution >= 0.6 is 0 Å². The zero-order chi connectivity index (χ0) is 20.8. The monoisotopic (exact) mass is 391 g/mol. The van der Waals surface area contributed by atoms with Gasteiger partial charge in [0.15, 0.2) is 0 Å². The molecule has 3 rings (SSSR count). The molecule has 6 nitrogen and oxygen atoms in total. The van der Waals surface area contributed by atoms with Crippen LogP contribution in [-0.2, 0) is 6.42 Å². The molecule has 2 N–H and O–H groups in total. The first kappa shape index (κ1) is 20.2. The molecule has 0 spiro atoms. The number of methoxy groups -OCH3 is 2. The average molecular weight is 391 g/mol. The average Bonchev–Trinajstić information content (AvgIpc) is 2.75. The molecule has 0 unspecified atom stereocenters. The van der Waals surface area contributed by atoms with Crippen LogP contribution in [0.2, 0.25) is 0 Å². The molecule has 0 radical (unpaired) electrons. The van der Waals surface area contributed by atoms with E-state index in [1.165, 1.54) is 11.8 Å². The lowest BCUT2D eigenvalue weighted by atomic mass is 10.1. The van der Waals surface area contributed by atoms with Gasteiger partial charge < -0.3 is 20.1 Å². The second-order valence-electron chi connectivity index (χ2n) is 6.57. The second-order valence-corrected chi connectivity index (χ2v) is 6.57. The number of amides is 1. The number of nitrogens with zero attached hydrogens (tertiary/aromatic N) is 1. The quantitative estimate of drug-likeness (QED) is 0.595. The molecule has 1 amide bonds. The molecule has 0 saturated carbocycles. The molecule has 3 aromatic rings. The Morgan fingerprint density at radius 3 is 2.62 bits per heavy atom. The Kier molecular flexibility index (Phi) is 6.34. The highest BCUT2D eigenvalue weighted by Crippen LogP contribution is 2.30. The van der Waals surface area contributed by atoms with Gasteiger partial charge in [-0.05, 0) is 42.7 Å². The van der Waals surface area contributed by atoms with Crippen molar-refractivity contribution < 1.29 is 14.3 Å². The van der Waals surface area contributed by atoms with Crippen molar-refractivity contribution in [3.05, 3.63) is 71.5 Å². The second kappa shape index (κ2) is 9.10. The number of pyridine rings is 1. The summed E-state index contributed by atoms with van der Waals surface area (Å²) < 4.78 is 10.5. The summed E-state index contributed by atoms with van der Waals surface area (Å²) in [5, 5.41) is 6.27. The van der Waals surface area contributed by atoms with Crippen molar-refractivity contribution in [1.82, 2.24) is 4.98 Å². The fraction of sp³-hybridized carbons (Fsp3) is 0.217. The Bertz CT molecular complexity index is 1020. The molecule has 29 heavy (non-hydrogen) atoms. The van der Waals surface area contributed by atoms with Crippen LogP contribution < -0.4 is 20.1 Å². The minimum absolute atomic E-state index is 0.273. The number of nitrogens with one attached hydrogen (secondary N) is 2. The maximum absolute atomic E-state index is 12.8. The maximum atomic E-state index is 12.8. The number of carbonyl (C=O) groups is 1. The van der Waals surface area contributed by atoms with E-state index in [4.69, 9.17) is 9.47 Å². The van der Waals surface area contributed by atoms with E-state index in [2.05, 4.69) is 41.6 Å². The largest absolute Gasteiger partial charge is 0.497 e. The highest BCUT2D eigenvalue weighted by Gasteiger charge is 2.13. The highest BCUT2D eigenvalue weighted by molar-refractivity contribution is 6.05. The topological polar surface area (TPSA) is 72.5 Å². The van der Waals surface area contributed by atoms with E-state index in [1.807, 2.05) is 6.07 Å². The molecular weight excluding hydrogens is 366 g/mol. The van der Waals surface area contributed by atoms with E-state index >= 15 is 0 Å². The number of para-hydroxylation sites is 1. The Balaban J connectivity index is 1.82. The number of hydrogen-bond acceptors (Lipinski definition) is 5. The Morgan fingerprint density at radius 2 is 1.90 bits per heavy atom. The molecule has 0 aliphatic rings. The van der Waals surface area contributed by atoms with E-state index in [0.29, 0.717) is 22.7 Å². The Labute approximate surface area is 170 Å². The number of aryl methyl sites for hydroxylation is 2. The van der Waals surface area contributed by atoms with Gasteiger partial charge in [0.05, 0.1) is 37.4 Å². The summed E-state index contributed by atoms with van der Waals surface area (Å²) in [6.45, 7) is 4.17. The predicted molar refractivity (Wildman–Crippen MR) is 116 cm³/mol. The number of benzene rings is 2. The normalized spacial score (nSPS) is 10.3. The molecule has 0 aliphatic heterocycles. The molecule has 1 aromatic heterocycles. The van der Waals surface area contributed by atoms with Gasteiger partial charge in [-0.1, -0.05) is 25.1 Å². The van der Waals surface area contributed by atoms with Crippen molar-refractivity contribution in [2.24, 2.45) is 0 Å². The Hall–Kier alpha value is -3.54. The standard InChI is InChI=1S/C23H25N3O3/c1-5-16-8-6-7-15(2)22(16)25-18-11-17(13-24-14-18)23(27)26-20-10-9-19(28-3)12-21(20)29-4/h6-14,25H,5H2,1-4H3,(H,26,27). The fourth-order valence-corrected chi connectivity index (χ4v) is 3.08. The van der Waals surface area contributed by atoms with Crippen molar-refractivity contribution in [1.29, 1.82) is 0 Å². The zero-order valence-corrected chi connectivity index (χ0v) is 17.1. The lowest BCUT2D eigenvalue weighted by Gasteiger charge is -2.15. The van der Waals surface area contributed by atoms with Gasteiger partial charge in [-0.2, -0.15) is 0 Å². The first-order valence-electron chi connectivity index (χ1n) is 9.39. The summed E-state index contributed by atoms with van der Waals surface area (Å²) in [5.41, 5.74) is 5.16. The molecule has 0 fully saturated rings. The number of ether oxygens (including phenoxy) is 2. The van der Waals surface area contributed by atoms with Gasteiger partial charge in [0, 0.05) is 18.0 Å². The summed E-state index contributed by atoms with van der Waals surface area (Å²) in [4.78, 5) is 17.0. The van der Waals surface area contributed by atoms with Crippen molar-refractivity contribution in [2.75, 3.05) is 24.9 Å². The van der Waals surface area contributed by atoms with Crippen molar-refractivity contribution >= 4 is 23.0 Å². The number of anilines is 3. The molecule has 2 aromatic carbocycles. The SMILES string of the molecule is CCc1cccc(C)c1Nc1cncc(C(=O)Nc2ccc(OC)cc2OC)c1. The molecule has 0 saturated heterocycles. The van der Waals surface area contributed by atoms with Crippen LogP contribution in [0.5, 0.6) is 11.5 Å². The van der Waals surface area contributed by atoms with Crippen molar-refractivity contribution in [3.8, 4) is 11.5 Å². The zero-order valence-electron chi connectivity index (χ0n) is 17.1. The van der Waals surface area contributed by atoms with Gasteiger partial charge in [-0.25, -0.2) is 0 Å². The summed E-state index contributed by atoms with van der Waals surface area (Å²) >= 11 is 0. The third kappa shape index (κ3) is 4.66. The summed E-state index contributed by atoms with van der Waals surface area (Å²) in [6.07, 6.45) is 4.15. The lowest BCUT2D eigenvalue weighted by Crippen LogP contribution is -2.13. The molecule has 0 aliphatic carbocycles. The fourth-order valence-electron chi connectivity index (χ4n) is 3.08. The van der Waals surface area contributed by atoms with Crippen LogP contribution in [0.1, 0.15) is 28.4 Å². The number of aromatic nitrogens is 1. The van der Waals surface area contributed by atoms with Crippen molar-refractivity contribution in [2.45, 2.75) is 20.3 Å². The molecule has 150 valence electrons. The first-order chi connectivity index (χ1) is 14.0. The van der Waals surface area contributed by atoms with Gasteiger partial charge in [0.2, 0.25) is 0 Å². The van der Waals surface area contributed by atoms with Crippen molar-refractivity contribution in [3.63, 3.8) is 0 Å². The van der Waals surface area contributed by atoms with Crippen LogP contribution in [-0.4, -0.2) is 25.1 Å². The molecule has 0 bridgehead atoms. The van der Waals surface area contributed by atoms with Crippen LogP contribution in [0.4, 0.5) is 17.1 Å². The smallest absolute Gasteiger partial charge is 0.257 e. The minimum Gasteiger partial charge on any atom is -0.497 e. The van der Waals surface area contributed by atoms with E-state index in [1.54, 1.807) is 44.7 Å². The molecule has 6 heteroatoms. The van der Waals surface area contributed by atoms with E-state index < -0.39 is 0 Å². The molecular formula is C23H25N3O3. The van der Waals surface area contributed by atoms with Gasteiger partial charge in [-0.15, -0.1) is 0 Å². The van der Waals surface area contributed by atoms with Gasteiger partial charge >= 0.3 is 0 Å². The van der Waals surface area contributed by atoms with Gasteiger partial charge in [0.1, 0.15) is 11.5 Å². The summed E-state index contributed by atoms with van der Waals surface area (Å²) in [6, 6.07) is 13.2. The minimum atomic E-state index is -0.273. The van der Waals surface area contributed by atoms with Crippen LogP contribution in [0.3, 0.4) is 0 Å². The third-order valence-electron chi connectivity index (χ3n) is 4.67. The highest BCUT2D eigenvalue weighted by atomic mass is 16.5. The maximum Gasteiger partial charge on any atom is 0.257 e. The summed E-state index contributed by atoms with van der Waals surface area (Å²) in [5.74, 6) is 0.898. The lowest BCUT2D eigenvalue weighted by molar-refractivity contribution is 0.102. The number of hydrogen-bond donors (Lipinski definition) is 2. The number of rotatable bonds is 7. The predicted octanol–water partition coefficient (Wildman–Crippen LogP) is 4.97. The molecule has 0 atom stereocenters. The van der Waals surface area contributed by atoms with Crippen LogP contribution in [0.25, 0.3) is 0 Å². The van der Waals surface area contributed by atoms with Crippen LogP contribution in [0.15, 0.2) is 54.9 Å². The number of carbonyl (C=O) groups excluding carboxylic acids is 1. The van der Waals surface area contributed by atoms with Gasteiger partial charge in [-0.3, -0.25) is 9.78 Å². The first-order valence-corrected chi connectivity index (χ1v) is 9.39. The molecule has 1 heterocycles. The Morgan fingerprint density at radius 1 is 1.07 bits per heavy atom. The van der Waals surface area contributed by atoms with Gasteiger partial charge in [0.25, 0.3) is 5.91 Å². The van der Waals surface area contributed by atoms with E-state index in [9.17, 15) is 4.79 Å².